The molecule has 0 aliphatic heterocycles. The van der Waals surface area contributed by atoms with Crippen LogP contribution in [0.25, 0.3) is 0 Å². The Bertz CT molecular complexity index is 713. The van der Waals surface area contributed by atoms with E-state index in [0.29, 0.717) is 21.4 Å². The second-order valence-corrected chi connectivity index (χ2v) is 4.95. The summed E-state index contributed by atoms with van der Waals surface area (Å²) in [7, 11) is 0. The maximum Gasteiger partial charge on any atom is 0.341 e. The molecule has 0 fully saturated rings. The SMILES string of the molecule is O=C(O)COc1ccc(Cl)cc1C#Cc1ccc(Cl)cc1. The third-order valence-corrected chi connectivity index (χ3v) is 2.97. The molecular weight excluding hydrogens is 311 g/mol. The van der Waals surface area contributed by atoms with Crippen LogP contribution in [0.2, 0.25) is 10.0 Å². The molecule has 0 amide bonds. The van der Waals surface area contributed by atoms with Gasteiger partial charge in [-0.25, -0.2) is 4.79 Å². The number of ether oxygens (including phenoxy) is 1. The number of rotatable bonds is 3. The van der Waals surface area contributed by atoms with E-state index in [4.69, 9.17) is 33.0 Å². The van der Waals surface area contributed by atoms with Crippen molar-refractivity contribution in [2.24, 2.45) is 0 Å². The standard InChI is InChI=1S/C16H10Cl2O3/c17-13-5-2-11(3-6-13)1-4-12-9-14(18)7-8-15(12)21-10-16(19)20/h2-3,5-9H,10H2,(H,19,20). The molecule has 106 valence electrons. The highest BCUT2D eigenvalue weighted by atomic mass is 35.5. The Morgan fingerprint density at radius 2 is 1.71 bits per heavy atom. The van der Waals surface area contributed by atoms with Crippen molar-refractivity contribution in [2.75, 3.05) is 6.61 Å². The van der Waals surface area contributed by atoms with Crippen LogP contribution < -0.4 is 4.74 Å². The minimum absolute atomic E-state index is 0.378. The summed E-state index contributed by atoms with van der Waals surface area (Å²) in [6.07, 6.45) is 0. The number of hydrogen-bond acceptors (Lipinski definition) is 2. The summed E-state index contributed by atoms with van der Waals surface area (Å²) in [5, 5.41) is 9.79. The van der Waals surface area contributed by atoms with Crippen molar-refractivity contribution in [1.82, 2.24) is 0 Å². The van der Waals surface area contributed by atoms with E-state index in [1.807, 2.05) is 0 Å². The van der Waals surface area contributed by atoms with Crippen LogP contribution in [-0.2, 0) is 4.79 Å². The fourth-order valence-corrected chi connectivity index (χ4v) is 1.84. The minimum atomic E-state index is -1.05. The molecular formula is C16H10Cl2O3. The average molecular weight is 321 g/mol. The van der Waals surface area contributed by atoms with Gasteiger partial charge in [0.15, 0.2) is 6.61 Å². The largest absolute Gasteiger partial charge is 0.481 e. The van der Waals surface area contributed by atoms with Gasteiger partial charge in [0.25, 0.3) is 0 Å². The van der Waals surface area contributed by atoms with Gasteiger partial charge in [0.05, 0.1) is 5.56 Å². The molecule has 0 aliphatic carbocycles. The summed E-state index contributed by atoms with van der Waals surface area (Å²) in [5.74, 6) is 5.19. The lowest BCUT2D eigenvalue weighted by Crippen LogP contribution is -2.10. The molecule has 1 N–H and O–H groups in total. The summed E-state index contributed by atoms with van der Waals surface area (Å²) in [6.45, 7) is -0.433. The zero-order valence-electron chi connectivity index (χ0n) is 10.8. The lowest BCUT2D eigenvalue weighted by Gasteiger charge is -2.06. The van der Waals surface area contributed by atoms with Crippen molar-refractivity contribution in [3.63, 3.8) is 0 Å². The van der Waals surface area contributed by atoms with Gasteiger partial charge in [0.2, 0.25) is 0 Å². The third-order valence-electron chi connectivity index (χ3n) is 2.48. The van der Waals surface area contributed by atoms with Gasteiger partial charge in [-0.05, 0) is 42.5 Å². The van der Waals surface area contributed by atoms with E-state index in [2.05, 4.69) is 11.8 Å². The first-order chi connectivity index (χ1) is 10.0. The lowest BCUT2D eigenvalue weighted by molar-refractivity contribution is -0.139. The van der Waals surface area contributed by atoms with Crippen LogP contribution in [-0.4, -0.2) is 17.7 Å². The average Bonchev–Trinajstić information content (AvgIpc) is 2.45. The molecule has 0 unspecified atom stereocenters. The maximum atomic E-state index is 10.6. The first-order valence-electron chi connectivity index (χ1n) is 5.96. The Balaban J connectivity index is 2.28. The van der Waals surface area contributed by atoms with E-state index in [1.165, 1.54) is 0 Å². The second kappa shape index (κ2) is 7.03. The lowest BCUT2D eigenvalue weighted by atomic mass is 10.1. The zero-order chi connectivity index (χ0) is 15.2. The normalized spacial score (nSPS) is 9.62. The quantitative estimate of drug-likeness (QED) is 0.873. The van der Waals surface area contributed by atoms with Gasteiger partial charge in [-0.2, -0.15) is 0 Å². The van der Waals surface area contributed by atoms with Gasteiger partial charge in [0, 0.05) is 15.6 Å². The fourth-order valence-electron chi connectivity index (χ4n) is 1.54. The first kappa shape index (κ1) is 15.2. The van der Waals surface area contributed by atoms with E-state index in [0.717, 1.165) is 5.56 Å². The van der Waals surface area contributed by atoms with E-state index >= 15 is 0 Å². The molecule has 0 aliphatic rings. The van der Waals surface area contributed by atoms with E-state index in [1.54, 1.807) is 42.5 Å². The molecule has 3 nitrogen and oxygen atoms in total. The van der Waals surface area contributed by atoms with Crippen LogP contribution in [0, 0.1) is 11.8 Å². The van der Waals surface area contributed by atoms with E-state index in [-0.39, 0.29) is 0 Å². The Morgan fingerprint density at radius 1 is 1.05 bits per heavy atom. The highest BCUT2D eigenvalue weighted by Gasteiger charge is 2.05. The van der Waals surface area contributed by atoms with Gasteiger partial charge in [-0.1, -0.05) is 35.0 Å². The molecule has 0 atom stereocenters. The molecule has 2 aromatic rings. The van der Waals surface area contributed by atoms with Crippen molar-refractivity contribution in [1.29, 1.82) is 0 Å². The summed E-state index contributed by atoms with van der Waals surface area (Å²) >= 11 is 11.7. The molecule has 21 heavy (non-hydrogen) atoms. The van der Waals surface area contributed by atoms with Crippen LogP contribution in [0.5, 0.6) is 5.75 Å². The minimum Gasteiger partial charge on any atom is -0.481 e. The van der Waals surface area contributed by atoms with Gasteiger partial charge in [-0.3, -0.25) is 0 Å². The van der Waals surface area contributed by atoms with Gasteiger partial charge in [-0.15, -0.1) is 0 Å². The Kier molecular flexibility index (Phi) is 5.10. The van der Waals surface area contributed by atoms with Crippen LogP contribution in [0.15, 0.2) is 42.5 Å². The Morgan fingerprint density at radius 3 is 2.38 bits per heavy atom. The summed E-state index contributed by atoms with van der Waals surface area (Å²) in [5.41, 5.74) is 1.31. The number of carboxylic acid groups (broad SMARTS) is 1. The molecule has 0 aromatic heterocycles. The molecule has 2 aromatic carbocycles. The number of hydrogen-bond donors (Lipinski definition) is 1. The third kappa shape index (κ3) is 4.71. The number of halogens is 2. The molecule has 0 heterocycles. The monoisotopic (exact) mass is 320 g/mol. The van der Waals surface area contributed by atoms with Gasteiger partial charge < -0.3 is 9.84 Å². The fraction of sp³-hybridized carbons (Fsp3) is 0.0625. The number of carboxylic acids is 1. The highest BCUT2D eigenvalue weighted by molar-refractivity contribution is 6.31. The molecule has 0 radical (unpaired) electrons. The van der Waals surface area contributed by atoms with Crippen molar-refractivity contribution in [2.45, 2.75) is 0 Å². The molecule has 2 rings (SSSR count). The summed E-state index contributed by atoms with van der Waals surface area (Å²) in [6, 6.07) is 11.9. The zero-order valence-corrected chi connectivity index (χ0v) is 12.3. The topological polar surface area (TPSA) is 46.5 Å². The van der Waals surface area contributed by atoms with Crippen molar-refractivity contribution in [3.8, 4) is 17.6 Å². The second-order valence-electron chi connectivity index (χ2n) is 4.08. The van der Waals surface area contributed by atoms with Crippen LogP contribution in [0.3, 0.4) is 0 Å². The molecule has 0 saturated heterocycles. The highest BCUT2D eigenvalue weighted by Crippen LogP contribution is 2.22. The summed E-state index contributed by atoms with van der Waals surface area (Å²) in [4.78, 5) is 10.6. The smallest absolute Gasteiger partial charge is 0.341 e. The van der Waals surface area contributed by atoms with Crippen molar-refractivity contribution < 1.29 is 14.6 Å². The summed E-state index contributed by atoms with van der Waals surface area (Å²) < 4.78 is 5.18. The van der Waals surface area contributed by atoms with Gasteiger partial charge >= 0.3 is 5.97 Å². The first-order valence-corrected chi connectivity index (χ1v) is 6.72. The van der Waals surface area contributed by atoms with E-state index in [9.17, 15) is 4.79 Å². The predicted molar refractivity (Wildman–Crippen MR) is 82.0 cm³/mol. The molecule has 5 heteroatoms. The van der Waals surface area contributed by atoms with Crippen LogP contribution in [0.1, 0.15) is 11.1 Å². The molecule has 0 bridgehead atoms. The molecule has 0 spiro atoms. The number of carbonyl (C=O) groups is 1. The van der Waals surface area contributed by atoms with Crippen molar-refractivity contribution >= 4 is 29.2 Å². The Hall–Kier alpha value is -2.15. The predicted octanol–water partition coefficient (Wildman–Crippen LogP) is 3.86. The maximum absolute atomic E-state index is 10.6. The number of aliphatic carboxylic acids is 1. The van der Waals surface area contributed by atoms with Crippen molar-refractivity contribution in [3.05, 3.63) is 63.6 Å². The Labute approximate surface area is 132 Å². The van der Waals surface area contributed by atoms with E-state index < -0.39 is 12.6 Å². The number of benzene rings is 2. The van der Waals surface area contributed by atoms with Crippen LogP contribution in [0.4, 0.5) is 0 Å². The van der Waals surface area contributed by atoms with Crippen LogP contribution >= 0.6 is 23.2 Å². The molecule has 0 saturated carbocycles. The van der Waals surface area contributed by atoms with Gasteiger partial charge in [0.1, 0.15) is 5.75 Å².